The summed E-state index contributed by atoms with van der Waals surface area (Å²) in [5.41, 5.74) is 1.78. The molecule has 106 valence electrons. The first-order valence-electron chi connectivity index (χ1n) is 7.27. The Labute approximate surface area is 121 Å². The zero-order valence-corrected chi connectivity index (χ0v) is 12.9. The van der Waals surface area contributed by atoms with Gasteiger partial charge in [0.15, 0.2) is 0 Å². The summed E-state index contributed by atoms with van der Waals surface area (Å²) in [5, 5.41) is 1.20. The molecule has 1 aromatic carbocycles. The van der Waals surface area contributed by atoms with Crippen LogP contribution < -0.4 is 5.46 Å². The van der Waals surface area contributed by atoms with Crippen molar-refractivity contribution < 1.29 is 9.31 Å². The molecule has 1 saturated heterocycles. The Hall–Kier alpha value is -1.26. The molecule has 4 heteroatoms. The summed E-state index contributed by atoms with van der Waals surface area (Å²) in [6.45, 7) is 8.51. The number of nitrogens with zero attached hydrogens (tertiary/aromatic N) is 1. The largest absolute Gasteiger partial charge is 0.495 e. The van der Waals surface area contributed by atoms with E-state index in [4.69, 9.17) is 9.31 Å². The fourth-order valence-corrected chi connectivity index (χ4v) is 2.96. The van der Waals surface area contributed by atoms with Crippen LogP contribution in [-0.2, 0) is 16.4 Å². The van der Waals surface area contributed by atoms with E-state index in [1.807, 2.05) is 0 Å². The molecule has 2 aromatic rings. The molecular weight excluding hydrogens is 249 g/mol. The van der Waals surface area contributed by atoms with E-state index >= 15 is 0 Å². The molecule has 20 heavy (non-hydrogen) atoms. The minimum atomic E-state index is -0.291. The normalized spacial score (nSPS) is 25.6. The number of hydrogen-bond acceptors (Lipinski definition) is 2. The molecule has 2 heterocycles. The summed E-state index contributed by atoms with van der Waals surface area (Å²) < 4.78 is 14.6. The van der Waals surface area contributed by atoms with E-state index in [-0.39, 0.29) is 18.3 Å². The van der Waals surface area contributed by atoms with E-state index in [1.165, 1.54) is 10.9 Å². The monoisotopic (exact) mass is 271 g/mol. The van der Waals surface area contributed by atoms with Crippen LogP contribution in [0, 0.1) is 0 Å². The summed E-state index contributed by atoms with van der Waals surface area (Å²) in [4.78, 5) is 0. The molecule has 1 unspecified atom stereocenters. The van der Waals surface area contributed by atoms with Crippen molar-refractivity contribution in [2.75, 3.05) is 0 Å². The minimum Gasteiger partial charge on any atom is -0.399 e. The molecule has 0 radical (unpaired) electrons. The lowest BCUT2D eigenvalue weighted by atomic mass is 9.77. The van der Waals surface area contributed by atoms with Crippen molar-refractivity contribution in [3.05, 3.63) is 30.5 Å². The summed E-state index contributed by atoms with van der Waals surface area (Å²) in [6, 6.07) is 8.42. The SMILES string of the molecule is CCC1(C)OB(c2cccc3c2ccn3C)OC1(C)C. The average molecular weight is 271 g/mol. The second-order valence-electron chi connectivity index (χ2n) is 6.37. The maximum absolute atomic E-state index is 6.29. The van der Waals surface area contributed by atoms with Crippen molar-refractivity contribution in [1.29, 1.82) is 0 Å². The standard InChI is InChI=1S/C16H22BNO2/c1-6-16(4)15(2,3)19-17(20-16)13-8-7-9-14-12(13)10-11-18(14)5/h7-11H,6H2,1-5H3. The Balaban J connectivity index is 2.06. The van der Waals surface area contributed by atoms with Crippen LogP contribution in [0.3, 0.4) is 0 Å². The van der Waals surface area contributed by atoms with Crippen LogP contribution in [0.4, 0.5) is 0 Å². The average Bonchev–Trinajstić information content (AvgIpc) is 2.89. The van der Waals surface area contributed by atoms with Crippen LogP contribution in [0.25, 0.3) is 10.9 Å². The van der Waals surface area contributed by atoms with E-state index in [1.54, 1.807) is 0 Å². The van der Waals surface area contributed by atoms with Crippen LogP contribution in [-0.4, -0.2) is 22.9 Å². The van der Waals surface area contributed by atoms with Gasteiger partial charge in [-0.2, -0.15) is 0 Å². The third-order valence-electron chi connectivity index (χ3n) is 4.93. The molecule has 0 spiro atoms. The second kappa shape index (κ2) is 4.37. The van der Waals surface area contributed by atoms with Crippen LogP contribution in [0.5, 0.6) is 0 Å². The van der Waals surface area contributed by atoms with E-state index in [2.05, 4.69) is 69.8 Å². The van der Waals surface area contributed by atoms with Gasteiger partial charge in [0.2, 0.25) is 0 Å². The van der Waals surface area contributed by atoms with Crippen molar-refractivity contribution in [3.63, 3.8) is 0 Å². The lowest BCUT2D eigenvalue weighted by molar-refractivity contribution is -0.0118. The molecule has 3 nitrogen and oxygen atoms in total. The maximum Gasteiger partial charge on any atom is 0.495 e. The molecule has 0 amide bonds. The van der Waals surface area contributed by atoms with Crippen molar-refractivity contribution >= 4 is 23.5 Å². The number of fused-ring (bicyclic) bond motifs is 1. The highest BCUT2D eigenvalue weighted by Gasteiger charge is 2.53. The smallest absolute Gasteiger partial charge is 0.399 e. The van der Waals surface area contributed by atoms with E-state index in [9.17, 15) is 0 Å². The molecular formula is C16H22BNO2. The van der Waals surface area contributed by atoms with Gasteiger partial charge in [-0.3, -0.25) is 0 Å². The number of aromatic nitrogens is 1. The Kier molecular flexibility index (Phi) is 3.00. The molecule has 3 rings (SSSR count). The molecule has 1 fully saturated rings. The predicted molar refractivity (Wildman–Crippen MR) is 83.3 cm³/mol. The topological polar surface area (TPSA) is 23.4 Å². The van der Waals surface area contributed by atoms with Gasteiger partial charge < -0.3 is 13.9 Å². The Morgan fingerprint density at radius 1 is 1.15 bits per heavy atom. The van der Waals surface area contributed by atoms with Gasteiger partial charge in [-0.25, -0.2) is 0 Å². The van der Waals surface area contributed by atoms with Crippen molar-refractivity contribution in [2.24, 2.45) is 7.05 Å². The summed E-state index contributed by atoms with van der Waals surface area (Å²) >= 11 is 0. The molecule has 0 bridgehead atoms. The minimum absolute atomic E-state index is 0.255. The highest BCUT2D eigenvalue weighted by atomic mass is 16.7. The fraction of sp³-hybridized carbons (Fsp3) is 0.500. The van der Waals surface area contributed by atoms with Crippen molar-refractivity contribution in [1.82, 2.24) is 4.57 Å². The highest BCUT2D eigenvalue weighted by Crippen LogP contribution is 2.39. The first-order chi connectivity index (χ1) is 9.38. The first kappa shape index (κ1) is 13.7. The summed E-state index contributed by atoms with van der Waals surface area (Å²) in [5.74, 6) is 0. The molecule has 1 atom stereocenters. The molecule has 0 saturated carbocycles. The van der Waals surface area contributed by atoms with Crippen LogP contribution in [0.15, 0.2) is 30.5 Å². The second-order valence-corrected chi connectivity index (χ2v) is 6.37. The van der Waals surface area contributed by atoms with E-state index < -0.39 is 0 Å². The lowest BCUT2D eigenvalue weighted by Gasteiger charge is -2.35. The summed E-state index contributed by atoms with van der Waals surface area (Å²) in [6.07, 6.45) is 3.01. The Bertz CT molecular complexity index is 649. The quantitative estimate of drug-likeness (QED) is 0.784. The zero-order chi connectivity index (χ0) is 14.5. The Morgan fingerprint density at radius 3 is 2.55 bits per heavy atom. The number of benzene rings is 1. The fourth-order valence-electron chi connectivity index (χ4n) is 2.96. The van der Waals surface area contributed by atoms with Crippen LogP contribution >= 0.6 is 0 Å². The van der Waals surface area contributed by atoms with E-state index in [0.29, 0.717) is 0 Å². The van der Waals surface area contributed by atoms with E-state index in [0.717, 1.165) is 11.9 Å². The maximum atomic E-state index is 6.29. The molecule has 0 N–H and O–H groups in total. The molecule has 1 aromatic heterocycles. The van der Waals surface area contributed by atoms with Gasteiger partial charge in [0.25, 0.3) is 0 Å². The third kappa shape index (κ3) is 1.82. The number of hydrogen-bond donors (Lipinski definition) is 0. The van der Waals surface area contributed by atoms with Gasteiger partial charge in [0, 0.05) is 18.8 Å². The highest BCUT2D eigenvalue weighted by molar-refractivity contribution is 6.65. The van der Waals surface area contributed by atoms with Crippen molar-refractivity contribution in [2.45, 2.75) is 45.3 Å². The molecule has 1 aliphatic heterocycles. The predicted octanol–water partition coefficient (Wildman–Crippen LogP) is 2.87. The van der Waals surface area contributed by atoms with Crippen molar-refractivity contribution in [3.8, 4) is 0 Å². The van der Waals surface area contributed by atoms with Gasteiger partial charge in [-0.15, -0.1) is 0 Å². The number of rotatable bonds is 2. The van der Waals surface area contributed by atoms with Gasteiger partial charge in [-0.05, 0) is 50.2 Å². The van der Waals surface area contributed by atoms with Gasteiger partial charge in [0.1, 0.15) is 0 Å². The summed E-state index contributed by atoms with van der Waals surface area (Å²) in [7, 11) is 1.77. The zero-order valence-electron chi connectivity index (χ0n) is 12.9. The molecule has 0 aliphatic carbocycles. The lowest BCUT2D eigenvalue weighted by Crippen LogP contribution is -2.44. The Morgan fingerprint density at radius 2 is 1.90 bits per heavy atom. The third-order valence-corrected chi connectivity index (χ3v) is 4.93. The number of aryl methyl sites for hydroxylation is 1. The van der Waals surface area contributed by atoms with Gasteiger partial charge in [-0.1, -0.05) is 19.1 Å². The molecule has 1 aliphatic rings. The van der Waals surface area contributed by atoms with Crippen LogP contribution in [0.2, 0.25) is 0 Å². The first-order valence-corrected chi connectivity index (χ1v) is 7.27. The van der Waals surface area contributed by atoms with Crippen LogP contribution in [0.1, 0.15) is 34.1 Å². The van der Waals surface area contributed by atoms with Gasteiger partial charge in [0.05, 0.1) is 11.2 Å². The van der Waals surface area contributed by atoms with Gasteiger partial charge >= 0.3 is 7.12 Å².